The van der Waals surface area contributed by atoms with Gasteiger partial charge in [-0.15, -0.1) is 113 Å². The van der Waals surface area contributed by atoms with Crippen molar-refractivity contribution in [2.24, 2.45) is 0 Å². The number of esters is 4. The van der Waals surface area contributed by atoms with Crippen molar-refractivity contribution >= 4 is 243 Å². The monoisotopic (exact) mass is 1840 g/mol. The van der Waals surface area contributed by atoms with Crippen molar-refractivity contribution in [1.82, 2.24) is 0 Å². The van der Waals surface area contributed by atoms with E-state index in [0.29, 0.717) is 33.1 Å². The molecule has 0 aliphatic carbocycles. The van der Waals surface area contributed by atoms with Crippen LogP contribution in [0, 0.1) is 0 Å². The summed E-state index contributed by atoms with van der Waals surface area (Å²) in [6.07, 6.45) is 1.08. The molecule has 0 saturated carbocycles. The van der Waals surface area contributed by atoms with E-state index in [9.17, 15) is 33.9 Å². The number of carbonyl (C=O) groups excluding carboxylic acids is 5. The molecular formula is C70H56Br3Cl4NaO14S10. The maximum Gasteiger partial charge on any atom is 1.00 e. The van der Waals surface area contributed by atoms with Gasteiger partial charge < -0.3 is 43.4 Å². The van der Waals surface area contributed by atoms with Crippen LogP contribution in [0.15, 0.2) is 161 Å². The van der Waals surface area contributed by atoms with Crippen LogP contribution in [0.1, 0.15) is 45.1 Å². The average molecular weight is 1850 g/mol. The molecule has 0 radical (unpaired) electrons. The Hall–Kier alpha value is -4.54. The number of benzene rings is 2. The van der Waals surface area contributed by atoms with Gasteiger partial charge in [0.1, 0.15) is 11.5 Å². The summed E-state index contributed by atoms with van der Waals surface area (Å²) in [4.78, 5) is 77.1. The third-order valence-electron chi connectivity index (χ3n) is 13.3. The van der Waals surface area contributed by atoms with Crippen LogP contribution in [-0.4, -0.2) is 83.1 Å². The van der Waals surface area contributed by atoms with Crippen LogP contribution in [0.5, 0.6) is 11.5 Å². The minimum absolute atomic E-state index is 0. The molecule has 2 aromatic carbocycles. The van der Waals surface area contributed by atoms with Gasteiger partial charge in [0, 0.05) is 61.2 Å². The molecule has 0 atom stereocenters. The van der Waals surface area contributed by atoms with Gasteiger partial charge in [0.05, 0.1) is 102 Å². The van der Waals surface area contributed by atoms with Crippen molar-refractivity contribution in [1.29, 1.82) is 0 Å². The maximum absolute atomic E-state index is 12.0. The third kappa shape index (κ3) is 26.7. The zero-order chi connectivity index (χ0) is 73.3. The number of ether oxygens (including phenoxy) is 6. The summed E-state index contributed by atoms with van der Waals surface area (Å²) < 4.78 is 35.0. The zero-order valence-corrected chi connectivity index (χ0v) is 72.6. The molecular weight excluding hydrogens is 1790 g/mol. The van der Waals surface area contributed by atoms with Crippen molar-refractivity contribution in [3.63, 3.8) is 0 Å². The fourth-order valence-electron chi connectivity index (χ4n) is 8.60. The SMILES string of the molecule is CCOC(=O)Cc1cc(-c2ccc(OC)cc2)sc1-c1ccc(Cl)s1.COC(=O)Cc1cc(Br)sc1-c1ccc(Cl)s1.COC(=O)Cc1ccsc1-c1ccc(Cl)s1.COC(=O)Cc1ccsc1Br.COc1ccc(-c2cc(CC(=O)[O-])c(-c3ccc(Cl)s3)s2)cc1.O=C(O)c1ccsc1Br.[Na+]. The van der Waals surface area contributed by atoms with Gasteiger partial charge in [-0.05, 0) is 243 Å². The number of carboxylic acids is 2. The van der Waals surface area contributed by atoms with Gasteiger partial charge in [-0.25, -0.2) is 4.79 Å². The van der Waals surface area contributed by atoms with E-state index in [2.05, 4.69) is 68.1 Å². The van der Waals surface area contributed by atoms with E-state index in [4.69, 9.17) is 65.7 Å². The maximum atomic E-state index is 12.0. The second-order valence-corrected chi connectivity index (χ2v) is 36.7. The van der Waals surface area contributed by atoms with Gasteiger partial charge in [-0.3, -0.25) is 19.2 Å². The molecule has 0 saturated heterocycles. The van der Waals surface area contributed by atoms with Crippen LogP contribution in [0.4, 0.5) is 0 Å². The summed E-state index contributed by atoms with van der Waals surface area (Å²) >= 11 is 49.1. The number of thiophene rings is 10. The Kier molecular flexibility index (Phi) is 37.2. The molecule has 12 rings (SSSR count). The van der Waals surface area contributed by atoms with Gasteiger partial charge in [-0.1, -0.05) is 46.4 Å². The van der Waals surface area contributed by atoms with Crippen LogP contribution in [0.25, 0.3) is 59.9 Å². The number of halogens is 7. The first-order chi connectivity index (χ1) is 48.4. The van der Waals surface area contributed by atoms with Crippen LogP contribution in [-0.2, 0) is 75.0 Å². The van der Waals surface area contributed by atoms with E-state index in [1.165, 1.54) is 78.0 Å². The zero-order valence-electron chi connectivity index (χ0n) is 54.7. The molecule has 12 aromatic rings. The second-order valence-electron chi connectivity index (χ2n) is 19.9. The summed E-state index contributed by atoms with van der Waals surface area (Å²) in [5.41, 5.74) is 7.10. The number of aliphatic carboxylic acids is 1. The van der Waals surface area contributed by atoms with Crippen molar-refractivity contribution in [2.45, 2.75) is 39.0 Å². The summed E-state index contributed by atoms with van der Waals surface area (Å²) in [6, 6.07) is 42.2. The Morgan fingerprint density at radius 2 is 0.784 bits per heavy atom. The number of carbonyl (C=O) groups is 6. The number of methoxy groups -OCH3 is 5. The van der Waals surface area contributed by atoms with Gasteiger partial charge in [0.15, 0.2) is 0 Å². The Bertz CT molecular complexity index is 4690. The van der Waals surface area contributed by atoms with Gasteiger partial charge in [-0.2, -0.15) is 0 Å². The smallest absolute Gasteiger partial charge is 0.550 e. The Morgan fingerprint density at radius 3 is 1.15 bits per heavy atom. The molecule has 0 unspecified atom stereocenters. The minimum Gasteiger partial charge on any atom is -0.550 e. The number of rotatable bonds is 20. The molecule has 0 bridgehead atoms. The molecule has 10 heterocycles. The third-order valence-corrected chi connectivity index (χ3v) is 27.5. The molecule has 0 spiro atoms. The minimum atomic E-state index is -1.09. The number of hydrogen-bond donors (Lipinski definition) is 1. The topological polar surface area (TPSA) is 201 Å². The summed E-state index contributed by atoms with van der Waals surface area (Å²) in [5, 5.41) is 25.1. The van der Waals surface area contributed by atoms with Crippen molar-refractivity contribution in [3.8, 4) is 71.4 Å². The number of carboxylic acid groups (broad SMARTS) is 2. The van der Waals surface area contributed by atoms with Crippen LogP contribution in [0.3, 0.4) is 0 Å². The largest absolute Gasteiger partial charge is 1.00 e. The fraction of sp³-hybridized carbons (Fsp3) is 0.171. The Labute approximate surface area is 696 Å². The van der Waals surface area contributed by atoms with E-state index in [1.54, 1.807) is 82.3 Å². The summed E-state index contributed by atoms with van der Waals surface area (Å²) in [6.45, 7) is 2.20. The number of hydrogen-bond acceptors (Lipinski definition) is 23. The molecule has 102 heavy (non-hydrogen) atoms. The standard InChI is InChI=1S/C19H17ClO3S2.C17H13ClO3S2.C11H8BrClO2S2.C11H9ClO2S2.C7H7BrO2S.C5H3BrO2S.Na/c1-3-23-18(21)11-13-10-16(12-4-6-14(22-2)7-5-12)25-19(13)15-8-9-17(20)24-15;1-21-12-4-2-10(3-5-12)14-8-11(9-16(19)20)17(23-14)13-6-7-15(18)22-13;1-15-10(14)5-6-4-8(12)17-11(6)7-2-3-9(13)16-7;1-14-10(13)6-7-4-5-15-11(7)8-2-3-9(12)16-8;1-10-6(9)4-5-2-3-11-7(5)8;6-4-3(5(7)8)1-2-9-4;/h4-10H,3,11H2,1-2H3;2-8H,9H2,1H3,(H,19,20);2-4H,5H2,1H3;2-5H,6H2,1H3;2-3H,4H2,1H3;1-2H,(H,7,8);/q;;;;;;+1/p-1. The first kappa shape index (κ1) is 86.4. The Morgan fingerprint density at radius 1 is 0.412 bits per heavy atom. The molecule has 1 N–H and O–H groups in total. The molecule has 32 heteroatoms. The molecule has 0 aliphatic heterocycles. The molecule has 0 amide bonds. The van der Waals surface area contributed by atoms with Gasteiger partial charge in [0.25, 0.3) is 0 Å². The summed E-state index contributed by atoms with van der Waals surface area (Å²) in [7, 11) is 7.46. The van der Waals surface area contributed by atoms with E-state index >= 15 is 0 Å². The quantitative estimate of drug-likeness (QED) is 0.0429. The predicted molar refractivity (Wildman–Crippen MR) is 429 cm³/mol. The Balaban J connectivity index is 0.000000198. The van der Waals surface area contributed by atoms with Gasteiger partial charge in [0.2, 0.25) is 0 Å². The van der Waals surface area contributed by atoms with E-state index in [0.717, 1.165) is 120 Å². The normalized spacial score (nSPS) is 10.3. The molecule has 0 fully saturated rings. The van der Waals surface area contributed by atoms with Crippen LogP contribution < -0.4 is 44.1 Å². The fourth-order valence-corrected chi connectivity index (χ4v) is 20.8. The molecule has 10 aromatic heterocycles. The van der Waals surface area contributed by atoms with Gasteiger partial charge >= 0.3 is 59.4 Å². The van der Waals surface area contributed by atoms with Crippen molar-refractivity contribution < 1.29 is 97.0 Å². The predicted octanol–water partition coefficient (Wildman–Crippen LogP) is 19.9. The first-order valence-corrected chi connectivity index (χ1v) is 41.3. The molecule has 530 valence electrons. The van der Waals surface area contributed by atoms with Crippen LogP contribution in [0.2, 0.25) is 17.3 Å². The second kappa shape index (κ2) is 43.9. The average Bonchev–Trinajstić information content (AvgIpc) is 1.69. The van der Waals surface area contributed by atoms with Crippen molar-refractivity contribution in [2.75, 3.05) is 42.2 Å². The first-order valence-electron chi connectivity index (χ1n) is 29.1. The van der Waals surface area contributed by atoms with E-state index in [-0.39, 0.29) is 72.7 Å². The van der Waals surface area contributed by atoms with E-state index < -0.39 is 11.9 Å². The molecule has 0 aliphatic rings. The molecule has 14 nitrogen and oxygen atoms in total. The van der Waals surface area contributed by atoms with Crippen LogP contribution >= 0.6 is 208 Å². The van der Waals surface area contributed by atoms with E-state index in [1.807, 2.05) is 139 Å². The van der Waals surface area contributed by atoms with Crippen molar-refractivity contribution in [3.05, 3.63) is 212 Å². The number of aromatic carboxylic acids is 1. The summed E-state index contributed by atoms with van der Waals surface area (Å²) in [5.74, 6) is -1.25.